The van der Waals surface area contributed by atoms with E-state index in [2.05, 4.69) is 153 Å². The van der Waals surface area contributed by atoms with Crippen LogP contribution in [0, 0.1) is 5.92 Å². The van der Waals surface area contributed by atoms with Crippen molar-refractivity contribution in [1.82, 2.24) is 0 Å². The van der Waals surface area contributed by atoms with Gasteiger partial charge in [0, 0.05) is 0 Å². The lowest BCUT2D eigenvalue weighted by atomic mass is 9.77. The molecular weight excluding hydrogens is 516 g/mol. The molecule has 1 aliphatic rings. The van der Waals surface area contributed by atoms with Crippen LogP contribution in [-0.4, -0.2) is 0 Å². The Kier molecular flexibility index (Phi) is 5.34. The Morgan fingerprint density at radius 3 is 1.70 bits per heavy atom. The van der Waals surface area contributed by atoms with Crippen LogP contribution in [0.15, 0.2) is 140 Å². The van der Waals surface area contributed by atoms with Crippen LogP contribution < -0.4 is 0 Å². The summed E-state index contributed by atoms with van der Waals surface area (Å²) >= 11 is 0. The fourth-order valence-corrected chi connectivity index (χ4v) is 7.68. The van der Waals surface area contributed by atoms with Gasteiger partial charge in [-0.05, 0) is 106 Å². The highest BCUT2D eigenvalue weighted by atomic mass is 14.3. The summed E-state index contributed by atoms with van der Waals surface area (Å²) in [6.45, 7) is 2.34. The van der Waals surface area contributed by atoms with Crippen molar-refractivity contribution in [3.05, 3.63) is 151 Å². The van der Waals surface area contributed by atoms with Crippen molar-refractivity contribution >= 4 is 59.9 Å². The Morgan fingerprint density at radius 1 is 0.465 bits per heavy atom. The maximum atomic E-state index is 2.45. The highest BCUT2D eigenvalue weighted by molar-refractivity contribution is 6.26. The molecule has 0 nitrogen and oxygen atoms in total. The van der Waals surface area contributed by atoms with Gasteiger partial charge in [-0.2, -0.15) is 0 Å². The Hall–Kier alpha value is -5.20. The molecule has 0 bridgehead atoms. The molecule has 0 aromatic heterocycles. The molecule has 1 aliphatic carbocycles. The van der Waals surface area contributed by atoms with Gasteiger partial charge in [0.25, 0.3) is 0 Å². The average Bonchev–Trinajstić information content (AvgIpc) is 3.07. The van der Waals surface area contributed by atoms with Crippen molar-refractivity contribution in [2.75, 3.05) is 0 Å². The number of hydrogen-bond acceptors (Lipinski definition) is 0. The van der Waals surface area contributed by atoms with Crippen LogP contribution in [0.25, 0.3) is 82.2 Å². The normalized spacial score (nSPS) is 14.7. The van der Waals surface area contributed by atoms with E-state index in [0.29, 0.717) is 5.92 Å². The lowest BCUT2D eigenvalue weighted by Gasteiger charge is -2.26. The zero-order chi connectivity index (χ0) is 28.5. The van der Waals surface area contributed by atoms with Gasteiger partial charge < -0.3 is 0 Å². The predicted octanol–water partition coefficient (Wildman–Crippen LogP) is 12.0. The third-order valence-corrected chi connectivity index (χ3v) is 9.57. The molecule has 43 heavy (non-hydrogen) atoms. The van der Waals surface area contributed by atoms with Gasteiger partial charge in [-0.1, -0.05) is 146 Å². The van der Waals surface area contributed by atoms with Crippen LogP contribution in [0.2, 0.25) is 0 Å². The molecule has 9 rings (SSSR count). The zero-order valence-corrected chi connectivity index (χ0v) is 24.1. The molecule has 0 heterocycles. The van der Waals surface area contributed by atoms with Crippen molar-refractivity contribution in [2.45, 2.75) is 13.3 Å². The first-order chi connectivity index (χ1) is 21.3. The minimum absolute atomic E-state index is 0.488. The van der Waals surface area contributed by atoms with E-state index in [1.807, 2.05) is 0 Å². The minimum Gasteiger partial charge on any atom is -0.0807 e. The first-order valence-corrected chi connectivity index (χ1v) is 15.3. The second-order valence-corrected chi connectivity index (χ2v) is 12.1. The summed E-state index contributed by atoms with van der Waals surface area (Å²) in [5.41, 5.74) is 8.17. The number of fused-ring (bicyclic) bond motifs is 9. The standard InChI is InChI=1S/C43H30/c1-27-21-23-39-41(25-27)43(36-20-10-12-28-11-2-3-13-30(28)36)38-19-9-8-18-37(38)42(39)29-22-24-35-33-16-5-4-14-31(33)32-15-6-7-17-34(32)40(35)26-29/h2-24,26-27H,25H2,1H3. The highest BCUT2D eigenvalue weighted by Gasteiger charge is 2.24. The van der Waals surface area contributed by atoms with Crippen LogP contribution in [0.1, 0.15) is 18.1 Å². The average molecular weight is 547 g/mol. The van der Waals surface area contributed by atoms with Gasteiger partial charge in [0.2, 0.25) is 0 Å². The van der Waals surface area contributed by atoms with Crippen LogP contribution in [0.5, 0.6) is 0 Å². The van der Waals surface area contributed by atoms with Crippen molar-refractivity contribution in [2.24, 2.45) is 5.92 Å². The number of hydrogen-bond donors (Lipinski definition) is 0. The smallest absolute Gasteiger partial charge is 0.00295 e. The summed E-state index contributed by atoms with van der Waals surface area (Å²) in [4.78, 5) is 0. The molecule has 0 amide bonds. The maximum absolute atomic E-state index is 2.45. The number of benzene rings is 8. The molecule has 0 heteroatoms. The Balaban J connectivity index is 1.41. The van der Waals surface area contributed by atoms with Crippen LogP contribution >= 0.6 is 0 Å². The first-order valence-electron chi connectivity index (χ1n) is 15.3. The molecule has 1 atom stereocenters. The van der Waals surface area contributed by atoms with Crippen LogP contribution in [0.3, 0.4) is 0 Å². The van der Waals surface area contributed by atoms with Crippen molar-refractivity contribution in [3.63, 3.8) is 0 Å². The van der Waals surface area contributed by atoms with Crippen molar-refractivity contribution in [1.29, 1.82) is 0 Å². The number of rotatable bonds is 2. The molecule has 0 aliphatic heterocycles. The molecule has 8 aromatic carbocycles. The summed E-state index contributed by atoms with van der Waals surface area (Å²) in [6, 6.07) is 49.5. The van der Waals surface area contributed by atoms with E-state index >= 15 is 0 Å². The predicted molar refractivity (Wildman–Crippen MR) is 187 cm³/mol. The quantitative estimate of drug-likeness (QED) is 0.189. The van der Waals surface area contributed by atoms with Crippen LogP contribution in [-0.2, 0) is 6.42 Å². The molecule has 0 spiro atoms. The second-order valence-electron chi connectivity index (χ2n) is 12.1. The molecule has 202 valence electrons. The molecule has 0 N–H and O–H groups in total. The van der Waals surface area contributed by atoms with Gasteiger partial charge in [0.1, 0.15) is 0 Å². The molecule has 0 saturated heterocycles. The lowest BCUT2D eigenvalue weighted by molar-refractivity contribution is 0.719. The molecular formula is C43H30. The Bertz CT molecular complexity index is 2400. The fraction of sp³-hybridized carbons (Fsp3) is 0.0698. The van der Waals surface area contributed by atoms with Gasteiger partial charge in [0.15, 0.2) is 0 Å². The monoisotopic (exact) mass is 546 g/mol. The van der Waals surface area contributed by atoms with E-state index < -0.39 is 0 Å². The van der Waals surface area contributed by atoms with Gasteiger partial charge >= 0.3 is 0 Å². The molecule has 0 fully saturated rings. The summed E-state index contributed by atoms with van der Waals surface area (Å²) in [5.74, 6) is 0.488. The highest BCUT2D eigenvalue weighted by Crippen LogP contribution is 2.47. The molecule has 0 saturated carbocycles. The SMILES string of the molecule is CC1C=Cc2c(c(-c3cccc4ccccc34)c3ccccc3c2-c2ccc3c4ccccc4c4ccccc4c3c2)C1. The van der Waals surface area contributed by atoms with E-state index in [0.717, 1.165) is 6.42 Å². The van der Waals surface area contributed by atoms with Gasteiger partial charge in [-0.3, -0.25) is 0 Å². The molecule has 0 radical (unpaired) electrons. The molecule has 1 unspecified atom stereocenters. The van der Waals surface area contributed by atoms with E-state index in [1.165, 1.54) is 87.2 Å². The second kappa shape index (κ2) is 9.41. The van der Waals surface area contributed by atoms with Gasteiger partial charge in [-0.25, -0.2) is 0 Å². The largest absolute Gasteiger partial charge is 0.0807 e. The Morgan fingerprint density at radius 2 is 1.00 bits per heavy atom. The van der Waals surface area contributed by atoms with E-state index in [1.54, 1.807) is 0 Å². The Labute approximate surface area is 251 Å². The van der Waals surface area contributed by atoms with Gasteiger partial charge in [0.05, 0.1) is 0 Å². The maximum Gasteiger partial charge on any atom is -0.00295 e. The van der Waals surface area contributed by atoms with E-state index in [9.17, 15) is 0 Å². The summed E-state index contributed by atoms with van der Waals surface area (Å²) in [6.07, 6.45) is 5.84. The lowest BCUT2D eigenvalue weighted by Crippen LogP contribution is -2.08. The first kappa shape index (κ1) is 24.4. The van der Waals surface area contributed by atoms with Gasteiger partial charge in [-0.15, -0.1) is 0 Å². The van der Waals surface area contributed by atoms with E-state index in [-0.39, 0.29) is 0 Å². The number of allylic oxidation sites excluding steroid dienone is 1. The summed E-state index contributed by atoms with van der Waals surface area (Å²) in [5, 5.41) is 13.1. The zero-order valence-electron chi connectivity index (χ0n) is 24.1. The van der Waals surface area contributed by atoms with Crippen molar-refractivity contribution < 1.29 is 0 Å². The molecule has 8 aromatic rings. The van der Waals surface area contributed by atoms with Crippen LogP contribution in [0.4, 0.5) is 0 Å². The third kappa shape index (κ3) is 3.63. The van der Waals surface area contributed by atoms with Crippen molar-refractivity contribution in [3.8, 4) is 22.3 Å². The van der Waals surface area contributed by atoms with E-state index in [4.69, 9.17) is 0 Å². The summed E-state index contributed by atoms with van der Waals surface area (Å²) in [7, 11) is 0. The minimum atomic E-state index is 0.488. The third-order valence-electron chi connectivity index (χ3n) is 9.57. The topological polar surface area (TPSA) is 0 Å². The fourth-order valence-electron chi connectivity index (χ4n) is 7.68. The summed E-state index contributed by atoms with van der Waals surface area (Å²) < 4.78 is 0.